The highest BCUT2D eigenvalue weighted by Crippen LogP contribution is 2.42. The summed E-state index contributed by atoms with van der Waals surface area (Å²) in [6.45, 7) is 5.19. The molecule has 1 saturated carbocycles. The molecular weight excluding hydrogens is 400 g/mol. The zero-order valence-corrected chi connectivity index (χ0v) is 19.0. The summed E-state index contributed by atoms with van der Waals surface area (Å²) in [4.78, 5) is 37.8. The third-order valence-electron chi connectivity index (χ3n) is 5.68. The van der Waals surface area contributed by atoms with E-state index >= 15 is 0 Å². The fraction of sp³-hybridized carbons (Fsp3) is 0.609. The van der Waals surface area contributed by atoms with E-state index in [4.69, 9.17) is 0 Å². The second-order valence-corrected chi connectivity index (χ2v) is 9.63. The van der Waals surface area contributed by atoms with Crippen molar-refractivity contribution in [3.63, 3.8) is 0 Å². The number of hydrogen-bond acceptors (Lipinski definition) is 5. The molecule has 2 amide bonds. The van der Waals surface area contributed by atoms with Gasteiger partial charge < -0.3 is 15.7 Å². The van der Waals surface area contributed by atoms with Crippen LogP contribution in [0.15, 0.2) is 29.2 Å². The number of carbonyl (C=O) groups is 3. The van der Waals surface area contributed by atoms with Crippen molar-refractivity contribution in [2.24, 2.45) is 11.3 Å². The van der Waals surface area contributed by atoms with Gasteiger partial charge in [0.25, 0.3) is 0 Å². The third kappa shape index (κ3) is 6.84. The molecule has 1 aromatic rings. The molecule has 1 atom stereocenters. The van der Waals surface area contributed by atoms with Gasteiger partial charge in [-0.2, -0.15) is 0 Å². The lowest BCUT2D eigenvalue weighted by Crippen LogP contribution is -2.41. The fourth-order valence-corrected chi connectivity index (χ4v) is 4.77. The zero-order valence-electron chi connectivity index (χ0n) is 18.2. The molecule has 3 N–H and O–H groups in total. The molecule has 1 aliphatic rings. The number of rotatable bonds is 9. The quantitative estimate of drug-likeness (QED) is 0.508. The van der Waals surface area contributed by atoms with Crippen molar-refractivity contribution < 1.29 is 19.5 Å². The van der Waals surface area contributed by atoms with Crippen molar-refractivity contribution in [3.8, 4) is 0 Å². The summed E-state index contributed by atoms with van der Waals surface area (Å²) in [6, 6.07) is 6.20. The summed E-state index contributed by atoms with van der Waals surface area (Å²) in [6.07, 6.45) is 6.98. The molecular formula is C23H34N2O4S. The Morgan fingerprint density at radius 2 is 1.80 bits per heavy atom. The van der Waals surface area contributed by atoms with Crippen LogP contribution in [0.5, 0.6) is 0 Å². The minimum Gasteiger partial charge on any atom is -0.394 e. The number of aliphatic hydroxyl groups excluding tert-OH is 1. The van der Waals surface area contributed by atoms with Gasteiger partial charge >= 0.3 is 0 Å². The summed E-state index contributed by atoms with van der Waals surface area (Å²) in [7, 11) is 0. The van der Waals surface area contributed by atoms with Gasteiger partial charge in [-0.25, -0.2) is 0 Å². The van der Waals surface area contributed by atoms with E-state index in [9.17, 15) is 19.5 Å². The highest BCUT2D eigenvalue weighted by Gasteiger charge is 2.39. The molecule has 6 nitrogen and oxygen atoms in total. The molecule has 0 aliphatic heterocycles. The Hall–Kier alpha value is -1.86. The summed E-state index contributed by atoms with van der Waals surface area (Å²) >= 11 is 0.922. The van der Waals surface area contributed by atoms with Gasteiger partial charge in [0.05, 0.1) is 12.3 Å². The molecule has 0 heterocycles. The molecule has 166 valence electrons. The first kappa shape index (κ1) is 24.4. The Labute approximate surface area is 183 Å². The van der Waals surface area contributed by atoms with Gasteiger partial charge in [0, 0.05) is 17.2 Å². The number of carbonyl (C=O) groups excluding carboxylic acids is 3. The Kier molecular flexibility index (Phi) is 9.37. The molecule has 0 aromatic heterocycles. The number of amides is 2. The van der Waals surface area contributed by atoms with E-state index in [2.05, 4.69) is 24.5 Å². The van der Waals surface area contributed by atoms with Crippen LogP contribution in [0.2, 0.25) is 0 Å². The maximum Gasteiger partial charge on any atom is 0.230 e. The van der Waals surface area contributed by atoms with E-state index in [-0.39, 0.29) is 22.3 Å². The van der Waals surface area contributed by atoms with Crippen molar-refractivity contribution in [1.82, 2.24) is 5.32 Å². The van der Waals surface area contributed by atoms with E-state index < -0.39 is 12.6 Å². The first-order valence-corrected chi connectivity index (χ1v) is 11.6. The van der Waals surface area contributed by atoms with Gasteiger partial charge in [0.2, 0.25) is 16.9 Å². The summed E-state index contributed by atoms with van der Waals surface area (Å²) in [5.74, 6) is 0.194. The lowest BCUT2D eigenvalue weighted by Gasteiger charge is -2.36. The Morgan fingerprint density at radius 3 is 2.40 bits per heavy atom. The number of hydrogen-bond donors (Lipinski definition) is 3. The first-order chi connectivity index (χ1) is 14.3. The molecule has 1 aliphatic carbocycles. The molecule has 0 saturated heterocycles. The van der Waals surface area contributed by atoms with Crippen LogP contribution >= 0.6 is 11.8 Å². The van der Waals surface area contributed by atoms with Crippen LogP contribution < -0.4 is 10.6 Å². The largest absolute Gasteiger partial charge is 0.394 e. The third-order valence-corrected chi connectivity index (χ3v) is 6.74. The van der Waals surface area contributed by atoms with E-state index in [0.717, 1.165) is 50.3 Å². The van der Waals surface area contributed by atoms with Crippen LogP contribution in [0, 0.1) is 11.3 Å². The van der Waals surface area contributed by atoms with Crippen LogP contribution in [0.3, 0.4) is 0 Å². The molecule has 0 spiro atoms. The van der Waals surface area contributed by atoms with Gasteiger partial charge in [-0.3, -0.25) is 14.4 Å². The van der Waals surface area contributed by atoms with Crippen molar-refractivity contribution in [3.05, 3.63) is 24.3 Å². The number of aliphatic hydroxyl groups is 1. The maximum absolute atomic E-state index is 13.4. The first-order valence-electron chi connectivity index (χ1n) is 10.8. The number of anilines is 1. The Bertz CT molecular complexity index is 744. The zero-order chi connectivity index (χ0) is 22.1. The smallest absolute Gasteiger partial charge is 0.230 e. The highest BCUT2D eigenvalue weighted by atomic mass is 32.2. The van der Waals surface area contributed by atoms with Crippen molar-refractivity contribution >= 4 is 34.4 Å². The number of benzene rings is 1. The number of thioether (sulfide) groups is 1. The second-order valence-electron chi connectivity index (χ2n) is 8.58. The number of nitrogens with one attached hydrogen (secondary N) is 2. The molecule has 7 heteroatoms. The molecule has 1 fully saturated rings. The SMILES string of the molecule is CC(=O)N[C@@H](CO)C(=O)Sc1ccccc1NC(=O)C1(CCC(C)C)CCCCC1. The highest BCUT2D eigenvalue weighted by molar-refractivity contribution is 8.14. The topological polar surface area (TPSA) is 95.5 Å². The standard InChI is InChI=1S/C23H34N2O4S/c1-16(2)11-14-23(12-7-4-8-13-23)22(29)25-18-9-5-6-10-20(18)30-21(28)19(15-26)24-17(3)27/h5-6,9-10,16,19,26H,4,7-8,11-15H2,1-3H3,(H,24,27)(H,25,29)/t19-/m0/s1. The second kappa shape index (κ2) is 11.5. The minimum atomic E-state index is -0.980. The van der Waals surface area contributed by atoms with Gasteiger partial charge in [-0.1, -0.05) is 45.2 Å². The van der Waals surface area contributed by atoms with E-state index in [1.165, 1.54) is 13.3 Å². The van der Waals surface area contributed by atoms with Crippen molar-refractivity contribution in [2.45, 2.75) is 76.7 Å². The molecule has 1 aromatic carbocycles. The van der Waals surface area contributed by atoms with E-state index in [1.807, 2.05) is 6.07 Å². The van der Waals surface area contributed by atoms with Gasteiger partial charge in [0.1, 0.15) is 6.04 Å². The minimum absolute atomic E-state index is 0.0314. The normalized spacial score (nSPS) is 16.7. The van der Waals surface area contributed by atoms with Crippen LogP contribution in [0.4, 0.5) is 5.69 Å². The van der Waals surface area contributed by atoms with Crippen molar-refractivity contribution in [2.75, 3.05) is 11.9 Å². The monoisotopic (exact) mass is 434 g/mol. The maximum atomic E-state index is 13.4. The molecule has 30 heavy (non-hydrogen) atoms. The van der Waals surface area contributed by atoms with E-state index in [1.54, 1.807) is 18.2 Å². The number of para-hydroxylation sites is 1. The van der Waals surface area contributed by atoms with Crippen LogP contribution in [0.1, 0.15) is 65.7 Å². The van der Waals surface area contributed by atoms with Crippen LogP contribution in [-0.2, 0) is 14.4 Å². The summed E-state index contributed by atoms with van der Waals surface area (Å²) < 4.78 is 0. The Morgan fingerprint density at radius 1 is 1.13 bits per heavy atom. The Balaban J connectivity index is 2.16. The molecule has 0 bridgehead atoms. The average Bonchev–Trinajstić information content (AvgIpc) is 2.72. The average molecular weight is 435 g/mol. The van der Waals surface area contributed by atoms with Gasteiger partial charge in [-0.15, -0.1) is 0 Å². The summed E-state index contributed by atoms with van der Waals surface area (Å²) in [5.41, 5.74) is 0.239. The fourth-order valence-electron chi connectivity index (χ4n) is 3.90. The molecule has 0 radical (unpaired) electrons. The predicted molar refractivity (Wildman–Crippen MR) is 120 cm³/mol. The summed E-state index contributed by atoms with van der Waals surface area (Å²) in [5, 5.41) is 14.6. The molecule has 0 unspecified atom stereocenters. The van der Waals surface area contributed by atoms with Crippen LogP contribution in [-0.4, -0.2) is 34.7 Å². The molecule has 2 rings (SSSR count). The predicted octanol–water partition coefficient (Wildman–Crippen LogP) is 4.13. The van der Waals surface area contributed by atoms with Crippen LogP contribution in [0.25, 0.3) is 0 Å². The van der Waals surface area contributed by atoms with E-state index in [0.29, 0.717) is 16.5 Å². The lowest BCUT2D eigenvalue weighted by atomic mass is 9.69. The lowest BCUT2D eigenvalue weighted by molar-refractivity contribution is -0.128. The van der Waals surface area contributed by atoms with Gasteiger partial charge in [-0.05, 0) is 55.5 Å². The van der Waals surface area contributed by atoms with Crippen molar-refractivity contribution in [1.29, 1.82) is 0 Å². The van der Waals surface area contributed by atoms with Gasteiger partial charge in [0.15, 0.2) is 0 Å².